The van der Waals surface area contributed by atoms with Crippen molar-refractivity contribution in [3.8, 4) is 11.1 Å². The quantitative estimate of drug-likeness (QED) is 0.161. The molecule has 278 valence electrons. The van der Waals surface area contributed by atoms with Gasteiger partial charge in [0.05, 0.1) is 10.4 Å². The van der Waals surface area contributed by atoms with Crippen molar-refractivity contribution in [2.75, 3.05) is 9.80 Å². The fraction of sp³-hybridized carbons (Fsp3) is 0. The van der Waals surface area contributed by atoms with Crippen LogP contribution in [0.5, 0.6) is 0 Å². The van der Waals surface area contributed by atoms with Gasteiger partial charge < -0.3 is 18.6 Å². The first-order chi connectivity index (χ1) is 29.2. The van der Waals surface area contributed by atoms with E-state index < -0.39 is 0 Å². The number of fused-ring (bicyclic) bond motifs is 9. The lowest BCUT2D eigenvalue weighted by Gasteiger charge is -2.26. The molecule has 9 aromatic carbocycles. The van der Waals surface area contributed by atoms with Crippen LogP contribution in [-0.4, -0.2) is 0 Å². The molecule has 4 nitrogen and oxygen atoms in total. The Morgan fingerprint density at radius 3 is 1.66 bits per heavy atom. The second kappa shape index (κ2) is 13.5. The first kappa shape index (κ1) is 33.5. The van der Waals surface area contributed by atoms with E-state index in [4.69, 9.17) is 8.83 Å². The Balaban J connectivity index is 1.04. The van der Waals surface area contributed by atoms with E-state index in [-0.39, 0.29) is 0 Å². The highest BCUT2D eigenvalue weighted by atomic mass is 32.1. The largest absolute Gasteiger partial charge is 0.456 e. The smallest absolute Gasteiger partial charge is 0.137 e. The van der Waals surface area contributed by atoms with Gasteiger partial charge in [-0.2, -0.15) is 0 Å². The Labute approximate surface area is 344 Å². The van der Waals surface area contributed by atoms with E-state index in [0.717, 1.165) is 83.6 Å². The third-order valence-electron chi connectivity index (χ3n) is 11.4. The van der Waals surface area contributed by atoms with Crippen LogP contribution in [-0.2, 0) is 0 Å². The van der Waals surface area contributed by atoms with Crippen LogP contribution in [0.25, 0.3) is 75.2 Å². The van der Waals surface area contributed by atoms with Crippen molar-refractivity contribution >= 4 is 110 Å². The Bertz CT molecular complexity index is 3530. The van der Waals surface area contributed by atoms with Crippen molar-refractivity contribution < 1.29 is 8.83 Å². The molecule has 0 fully saturated rings. The third kappa shape index (κ3) is 5.58. The molecular formula is C54H34N2O2S. The molecule has 3 heterocycles. The van der Waals surface area contributed by atoms with Crippen molar-refractivity contribution in [2.24, 2.45) is 0 Å². The number of para-hydroxylation sites is 3. The predicted molar refractivity (Wildman–Crippen MR) is 249 cm³/mol. The molecule has 0 unspecified atom stereocenters. The summed E-state index contributed by atoms with van der Waals surface area (Å²) in [6, 6.07) is 73.2. The van der Waals surface area contributed by atoms with Crippen LogP contribution < -0.4 is 9.80 Å². The van der Waals surface area contributed by atoms with Crippen LogP contribution in [0.4, 0.5) is 34.1 Å². The molecule has 0 bridgehead atoms. The minimum absolute atomic E-state index is 0.864. The summed E-state index contributed by atoms with van der Waals surface area (Å²) in [6.07, 6.45) is 0. The summed E-state index contributed by atoms with van der Waals surface area (Å²) in [6.45, 7) is 0. The second-order valence-corrected chi connectivity index (χ2v) is 16.0. The second-order valence-electron chi connectivity index (χ2n) is 14.9. The summed E-state index contributed by atoms with van der Waals surface area (Å²) >= 11 is 1.84. The fourth-order valence-corrected chi connectivity index (χ4v) is 9.94. The Morgan fingerprint density at radius 1 is 0.305 bits per heavy atom. The maximum absolute atomic E-state index is 6.43. The van der Waals surface area contributed by atoms with Crippen LogP contribution in [0.1, 0.15) is 0 Å². The molecule has 12 rings (SSSR count). The summed E-state index contributed by atoms with van der Waals surface area (Å²) in [7, 11) is 0. The minimum atomic E-state index is 0.864. The van der Waals surface area contributed by atoms with Crippen molar-refractivity contribution in [1.82, 2.24) is 0 Å². The van der Waals surface area contributed by atoms with Gasteiger partial charge in [0.15, 0.2) is 0 Å². The maximum atomic E-state index is 6.43. The van der Waals surface area contributed by atoms with Crippen molar-refractivity contribution in [3.63, 3.8) is 0 Å². The molecule has 0 radical (unpaired) electrons. The first-order valence-electron chi connectivity index (χ1n) is 19.8. The molecule has 0 amide bonds. The van der Waals surface area contributed by atoms with Gasteiger partial charge in [-0.05, 0) is 96.1 Å². The molecule has 0 spiro atoms. The van der Waals surface area contributed by atoms with Gasteiger partial charge in [-0.25, -0.2) is 0 Å². The standard InChI is InChI=1S/C54H34N2O2S/c1-3-13-35(14-4-1)36-15-11-18-38(31-36)55(40-25-28-44-42-19-7-9-23-49(42)58-52(44)33-40)41-26-29-45-46-21-12-22-48(54(46)59-53(45)34-41)56(37-16-5-2-6-17-37)39-27-30-51-47(32-39)43-20-8-10-24-50(43)57-51/h1-34H. The molecule has 0 aliphatic carbocycles. The number of anilines is 6. The summed E-state index contributed by atoms with van der Waals surface area (Å²) < 4.78 is 15.1. The molecule has 12 aromatic rings. The van der Waals surface area contributed by atoms with Gasteiger partial charge in [-0.1, -0.05) is 115 Å². The summed E-state index contributed by atoms with van der Waals surface area (Å²) in [5.74, 6) is 0. The summed E-state index contributed by atoms with van der Waals surface area (Å²) in [4.78, 5) is 4.73. The monoisotopic (exact) mass is 774 g/mol. The molecule has 0 atom stereocenters. The Kier molecular flexibility index (Phi) is 7.68. The molecular weight excluding hydrogens is 741 g/mol. The average Bonchev–Trinajstić information content (AvgIpc) is 3.98. The van der Waals surface area contributed by atoms with Gasteiger partial charge in [0, 0.05) is 71.5 Å². The highest BCUT2D eigenvalue weighted by Gasteiger charge is 2.21. The number of nitrogens with zero attached hydrogens (tertiary/aromatic N) is 2. The van der Waals surface area contributed by atoms with Crippen LogP contribution in [0, 0.1) is 0 Å². The highest BCUT2D eigenvalue weighted by Crippen LogP contribution is 2.48. The van der Waals surface area contributed by atoms with E-state index in [9.17, 15) is 0 Å². The average molecular weight is 775 g/mol. The van der Waals surface area contributed by atoms with Crippen LogP contribution in [0.15, 0.2) is 215 Å². The van der Waals surface area contributed by atoms with E-state index in [0.29, 0.717) is 0 Å². The number of hydrogen-bond acceptors (Lipinski definition) is 5. The topological polar surface area (TPSA) is 32.8 Å². The third-order valence-corrected chi connectivity index (χ3v) is 12.6. The van der Waals surface area contributed by atoms with Crippen molar-refractivity contribution in [2.45, 2.75) is 0 Å². The van der Waals surface area contributed by atoms with Crippen molar-refractivity contribution in [1.29, 1.82) is 0 Å². The van der Waals surface area contributed by atoms with E-state index in [1.807, 2.05) is 35.6 Å². The van der Waals surface area contributed by atoms with E-state index in [1.165, 1.54) is 25.7 Å². The summed E-state index contributed by atoms with van der Waals surface area (Å²) in [5.41, 5.74) is 12.3. The first-order valence-corrected chi connectivity index (χ1v) is 20.6. The number of rotatable bonds is 7. The van der Waals surface area contributed by atoms with Gasteiger partial charge in [0.1, 0.15) is 22.3 Å². The van der Waals surface area contributed by atoms with E-state index in [1.54, 1.807) is 0 Å². The van der Waals surface area contributed by atoms with Crippen LogP contribution >= 0.6 is 11.3 Å². The molecule has 3 aromatic heterocycles. The zero-order chi connectivity index (χ0) is 38.9. The molecule has 0 saturated carbocycles. The van der Waals surface area contributed by atoms with Gasteiger partial charge >= 0.3 is 0 Å². The summed E-state index contributed by atoms with van der Waals surface area (Å²) in [5, 5.41) is 6.90. The van der Waals surface area contributed by atoms with Gasteiger partial charge in [-0.3, -0.25) is 0 Å². The number of thiophene rings is 1. The number of hydrogen-bond donors (Lipinski definition) is 0. The lowest BCUT2D eigenvalue weighted by molar-refractivity contribution is 0.668. The SMILES string of the molecule is c1ccc(-c2cccc(N(c3ccc4c(c3)oc3ccccc34)c3ccc4c(c3)sc3c(N(c5ccccc5)c5ccc6oc7ccccc7c6c5)cccc34)c2)cc1. The maximum Gasteiger partial charge on any atom is 0.137 e. The van der Waals surface area contributed by atoms with Crippen LogP contribution in [0.2, 0.25) is 0 Å². The van der Waals surface area contributed by atoms with Crippen LogP contribution in [0.3, 0.4) is 0 Å². The molecule has 5 heteroatoms. The fourth-order valence-electron chi connectivity index (χ4n) is 8.70. The van der Waals surface area contributed by atoms with Crippen molar-refractivity contribution in [3.05, 3.63) is 206 Å². The zero-order valence-corrected chi connectivity index (χ0v) is 32.6. The minimum Gasteiger partial charge on any atom is -0.456 e. The normalized spacial score (nSPS) is 11.7. The Morgan fingerprint density at radius 2 is 0.847 bits per heavy atom. The number of furan rings is 2. The molecule has 0 aliphatic rings. The molecule has 0 aliphatic heterocycles. The zero-order valence-electron chi connectivity index (χ0n) is 31.7. The highest BCUT2D eigenvalue weighted by molar-refractivity contribution is 7.26. The van der Waals surface area contributed by atoms with E-state index in [2.05, 4.69) is 192 Å². The predicted octanol–water partition coefficient (Wildman–Crippen LogP) is 16.5. The number of benzene rings is 9. The van der Waals surface area contributed by atoms with E-state index >= 15 is 0 Å². The van der Waals surface area contributed by atoms with Gasteiger partial charge in [0.2, 0.25) is 0 Å². The van der Waals surface area contributed by atoms with Gasteiger partial charge in [-0.15, -0.1) is 11.3 Å². The lowest BCUT2D eigenvalue weighted by Crippen LogP contribution is -2.09. The molecule has 0 saturated heterocycles. The Hall–Kier alpha value is -7.60. The lowest BCUT2D eigenvalue weighted by atomic mass is 10.0. The van der Waals surface area contributed by atoms with Gasteiger partial charge in [0.25, 0.3) is 0 Å². The molecule has 59 heavy (non-hydrogen) atoms. The molecule has 0 N–H and O–H groups in total.